The van der Waals surface area contributed by atoms with Crippen LogP contribution < -0.4 is 4.89 Å². The number of carbonyl (C=O) groups is 2. The van der Waals surface area contributed by atoms with Gasteiger partial charge in [-0.1, -0.05) is 225 Å². The highest BCUT2D eigenvalue weighted by Gasteiger charge is 2.21. The number of likely N-dealkylation sites (N-methyl/N-ethyl adjacent to an activating group) is 1. The van der Waals surface area contributed by atoms with Crippen molar-refractivity contribution in [3.8, 4) is 0 Å². The molecule has 0 aliphatic carbocycles. The minimum absolute atomic E-state index is 0.0290. The quantitative estimate of drug-likeness (QED) is 0.0195. The van der Waals surface area contributed by atoms with E-state index in [-0.39, 0.29) is 32.0 Å². The Hall–Kier alpha value is -1.25. The Morgan fingerprint density at radius 2 is 0.810 bits per heavy atom. The van der Waals surface area contributed by atoms with Crippen molar-refractivity contribution >= 4 is 19.8 Å². The molecule has 2 atom stereocenters. The molecule has 0 aliphatic rings. The predicted molar refractivity (Wildman–Crippen MR) is 264 cm³/mol. The van der Waals surface area contributed by atoms with E-state index in [2.05, 4.69) is 26.0 Å². The standard InChI is InChI=1S/C53H104NO8P/c1-6-8-10-12-14-16-18-20-22-23-24-25-26-27-28-29-30-32-33-35-37-39-41-43-45-52(55)59-49-51(50-61-63(57,58)60-48-47-54(3,4)5)62-53(56)46-44-42-40-38-36-34-31-21-19-17-15-13-11-9-7-2/h21,31,51H,6-20,22-30,32-50H2,1-5H3/b31-21-. The summed E-state index contributed by atoms with van der Waals surface area (Å²) in [5, 5.41) is 0. The fourth-order valence-corrected chi connectivity index (χ4v) is 8.56. The molecule has 0 spiro atoms. The van der Waals surface area contributed by atoms with Crippen molar-refractivity contribution in [3.63, 3.8) is 0 Å². The lowest BCUT2D eigenvalue weighted by Crippen LogP contribution is -2.37. The van der Waals surface area contributed by atoms with Crippen molar-refractivity contribution in [2.75, 3.05) is 47.5 Å². The maximum absolute atomic E-state index is 12.7. The Morgan fingerprint density at radius 3 is 1.17 bits per heavy atom. The van der Waals surface area contributed by atoms with Crippen molar-refractivity contribution in [2.45, 2.75) is 270 Å². The molecule has 63 heavy (non-hydrogen) atoms. The fourth-order valence-electron chi connectivity index (χ4n) is 7.83. The van der Waals surface area contributed by atoms with Crippen molar-refractivity contribution in [1.29, 1.82) is 0 Å². The summed E-state index contributed by atoms with van der Waals surface area (Å²) in [5.41, 5.74) is 0. The molecule has 0 saturated heterocycles. The Balaban J connectivity index is 4.13. The van der Waals surface area contributed by atoms with Crippen LogP contribution in [0.1, 0.15) is 264 Å². The third-order valence-electron chi connectivity index (χ3n) is 12.0. The van der Waals surface area contributed by atoms with E-state index in [1.54, 1.807) is 0 Å². The number of rotatable bonds is 50. The molecule has 0 rings (SSSR count). The zero-order valence-corrected chi connectivity index (χ0v) is 43.2. The van der Waals surface area contributed by atoms with Crippen LogP contribution in [0, 0.1) is 0 Å². The number of esters is 2. The molecule has 374 valence electrons. The lowest BCUT2D eigenvalue weighted by Gasteiger charge is -2.28. The Labute approximate surface area is 390 Å². The first-order valence-electron chi connectivity index (χ1n) is 26.9. The number of hydrogen-bond acceptors (Lipinski definition) is 8. The van der Waals surface area contributed by atoms with E-state index < -0.39 is 26.5 Å². The molecule has 0 saturated carbocycles. The van der Waals surface area contributed by atoms with E-state index in [1.807, 2.05) is 21.1 Å². The second-order valence-electron chi connectivity index (χ2n) is 19.6. The molecule has 0 aliphatic heterocycles. The zero-order chi connectivity index (χ0) is 46.4. The topological polar surface area (TPSA) is 111 Å². The predicted octanol–water partition coefficient (Wildman–Crippen LogP) is 15.5. The molecule has 0 N–H and O–H groups in total. The average molecular weight is 914 g/mol. The highest BCUT2D eigenvalue weighted by atomic mass is 31.2. The van der Waals surface area contributed by atoms with Crippen LogP contribution in [0.4, 0.5) is 0 Å². The van der Waals surface area contributed by atoms with E-state index in [9.17, 15) is 19.0 Å². The summed E-state index contributed by atoms with van der Waals surface area (Å²) in [5.74, 6) is -0.828. The first-order valence-corrected chi connectivity index (χ1v) is 28.4. The number of phosphoric ester groups is 1. The van der Waals surface area contributed by atoms with E-state index in [0.717, 1.165) is 51.4 Å². The second kappa shape index (κ2) is 45.9. The SMILES string of the molecule is CCCCCCCC/C=C\CCCCCCCC(=O)OC(COC(=O)CCCCCCCCCCCCCCCCCCCCCCCCCC)COP(=O)([O-])OCC[N+](C)(C)C. The third kappa shape index (κ3) is 50.0. The van der Waals surface area contributed by atoms with Crippen LogP contribution >= 0.6 is 7.82 Å². The average Bonchev–Trinajstić information content (AvgIpc) is 3.24. The molecule has 0 aromatic heterocycles. The Kier molecular flexibility index (Phi) is 45.0. The molecule has 0 radical (unpaired) electrons. The van der Waals surface area contributed by atoms with Crippen molar-refractivity contribution in [2.24, 2.45) is 0 Å². The van der Waals surface area contributed by atoms with Gasteiger partial charge in [-0.05, 0) is 38.5 Å². The summed E-state index contributed by atoms with van der Waals surface area (Å²) in [4.78, 5) is 37.7. The number of quaternary nitrogens is 1. The highest BCUT2D eigenvalue weighted by Crippen LogP contribution is 2.38. The smallest absolute Gasteiger partial charge is 0.306 e. The minimum atomic E-state index is -4.63. The third-order valence-corrected chi connectivity index (χ3v) is 13.0. The number of hydrogen-bond donors (Lipinski definition) is 0. The van der Waals surface area contributed by atoms with Gasteiger partial charge in [0, 0.05) is 12.8 Å². The first-order chi connectivity index (χ1) is 30.5. The molecule has 2 unspecified atom stereocenters. The molecule has 0 bridgehead atoms. The van der Waals surface area contributed by atoms with Gasteiger partial charge in [0.15, 0.2) is 6.10 Å². The molecule has 0 fully saturated rings. The van der Waals surface area contributed by atoms with Gasteiger partial charge in [0.1, 0.15) is 19.8 Å². The van der Waals surface area contributed by atoms with Gasteiger partial charge in [-0.15, -0.1) is 0 Å². The number of allylic oxidation sites excluding steroid dienone is 2. The number of unbranched alkanes of at least 4 members (excludes halogenated alkanes) is 34. The minimum Gasteiger partial charge on any atom is -0.756 e. The summed E-state index contributed by atoms with van der Waals surface area (Å²) < 4.78 is 34.1. The molecule has 0 heterocycles. The lowest BCUT2D eigenvalue weighted by molar-refractivity contribution is -0.870. The highest BCUT2D eigenvalue weighted by molar-refractivity contribution is 7.45. The van der Waals surface area contributed by atoms with Gasteiger partial charge in [0.2, 0.25) is 0 Å². The Bertz CT molecular complexity index is 1080. The van der Waals surface area contributed by atoms with Gasteiger partial charge in [-0.3, -0.25) is 14.2 Å². The van der Waals surface area contributed by atoms with Gasteiger partial charge in [0.05, 0.1) is 27.7 Å². The molecule has 0 amide bonds. The Morgan fingerprint density at radius 1 is 0.476 bits per heavy atom. The summed E-state index contributed by atoms with van der Waals surface area (Å²) in [7, 11) is 1.17. The van der Waals surface area contributed by atoms with E-state index >= 15 is 0 Å². The van der Waals surface area contributed by atoms with Gasteiger partial charge in [0.25, 0.3) is 7.82 Å². The number of nitrogens with zero attached hydrogens (tertiary/aromatic N) is 1. The van der Waals surface area contributed by atoms with Gasteiger partial charge in [-0.2, -0.15) is 0 Å². The monoisotopic (exact) mass is 914 g/mol. The van der Waals surface area contributed by atoms with Crippen LogP contribution in [0.15, 0.2) is 12.2 Å². The fraction of sp³-hybridized carbons (Fsp3) is 0.925. The summed E-state index contributed by atoms with van der Waals surface area (Å²) in [6.07, 6.45) is 51.1. The summed E-state index contributed by atoms with van der Waals surface area (Å²) in [6.45, 7) is 4.27. The van der Waals surface area contributed by atoms with Crippen molar-refractivity contribution in [3.05, 3.63) is 12.2 Å². The molecule has 0 aromatic carbocycles. The van der Waals surface area contributed by atoms with E-state index in [4.69, 9.17) is 18.5 Å². The normalized spacial score (nSPS) is 13.4. The van der Waals surface area contributed by atoms with Gasteiger partial charge in [-0.25, -0.2) is 0 Å². The van der Waals surface area contributed by atoms with Crippen LogP contribution in [-0.2, 0) is 32.7 Å². The van der Waals surface area contributed by atoms with Crippen LogP contribution in [0.3, 0.4) is 0 Å². The van der Waals surface area contributed by atoms with Crippen LogP contribution in [0.5, 0.6) is 0 Å². The van der Waals surface area contributed by atoms with E-state index in [0.29, 0.717) is 17.4 Å². The van der Waals surface area contributed by atoms with Crippen molar-refractivity contribution < 1.29 is 42.1 Å². The van der Waals surface area contributed by atoms with Crippen LogP contribution in [0.2, 0.25) is 0 Å². The van der Waals surface area contributed by atoms with Crippen molar-refractivity contribution in [1.82, 2.24) is 0 Å². The largest absolute Gasteiger partial charge is 0.756 e. The number of ether oxygens (including phenoxy) is 2. The summed E-state index contributed by atoms with van der Waals surface area (Å²) >= 11 is 0. The van der Waals surface area contributed by atoms with Crippen LogP contribution in [0.25, 0.3) is 0 Å². The molecular weight excluding hydrogens is 810 g/mol. The molecule has 0 aromatic rings. The lowest BCUT2D eigenvalue weighted by atomic mass is 10.0. The molecular formula is C53H104NO8P. The maximum atomic E-state index is 12.7. The van der Waals surface area contributed by atoms with Gasteiger partial charge < -0.3 is 27.9 Å². The second-order valence-corrected chi connectivity index (χ2v) is 21.0. The van der Waals surface area contributed by atoms with Gasteiger partial charge >= 0.3 is 11.9 Å². The molecule has 9 nitrogen and oxygen atoms in total. The number of carbonyl (C=O) groups excluding carboxylic acids is 2. The maximum Gasteiger partial charge on any atom is 0.306 e. The first kappa shape index (κ1) is 61.8. The van der Waals surface area contributed by atoms with E-state index in [1.165, 1.54) is 180 Å². The summed E-state index contributed by atoms with van der Waals surface area (Å²) in [6, 6.07) is 0. The van der Waals surface area contributed by atoms with Crippen LogP contribution in [-0.4, -0.2) is 70.0 Å². The number of phosphoric acid groups is 1. The molecule has 10 heteroatoms. The zero-order valence-electron chi connectivity index (χ0n) is 42.3.